The van der Waals surface area contributed by atoms with E-state index in [0.717, 1.165) is 166 Å². The molecule has 0 heterocycles. The fourth-order valence-electron chi connectivity index (χ4n) is 14.8. The topological polar surface area (TPSA) is 0 Å². The molecule has 0 nitrogen and oxygen atoms in total. The van der Waals surface area contributed by atoms with Crippen LogP contribution in [0, 0.1) is 166 Å². The highest BCUT2D eigenvalue weighted by molar-refractivity contribution is 4.90. The van der Waals surface area contributed by atoms with Crippen molar-refractivity contribution in [2.45, 2.75) is 316 Å². The van der Waals surface area contributed by atoms with Crippen molar-refractivity contribution in [3.63, 3.8) is 0 Å². The molecule has 450 valence electrons. The van der Waals surface area contributed by atoms with E-state index in [-0.39, 0.29) is 0 Å². The van der Waals surface area contributed by atoms with E-state index in [4.69, 9.17) is 0 Å². The molecule has 0 heteroatoms. The van der Waals surface area contributed by atoms with Crippen LogP contribution in [0.25, 0.3) is 0 Å². The van der Waals surface area contributed by atoms with E-state index in [0.29, 0.717) is 0 Å². The molecule has 7 saturated carbocycles. The Bertz CT molecular complexity index is 1160. The molecular weight excluding hydrogens is 901 g/mol. The summed E-state index contributed by atoms with van der Waals surface area (Å²) in [7, 11) is 0. The Hall–Kier alpha value is 0. The van der Waals surface area contributed by atoms with Gasteiger partial charge in [0.2, 0.25) is 0 Å². The van der Waals surface area contributed by atoms with Crippen molar-refractivity contribution < 1.29 is 0 Å². The summed E-state index contributed by atoms with van der Waals surface area (Å²) >= 11 is 0. The first-order chi connectivity index (χ1) is 34.8. The quantitative estimate of drug-likeness (QED) is 0.163. The lowest BCUT2D eigenvalue weighted by molar-refractivity contribution is 0.102. The van der Waals surface area contributed by atoms with Gasteiger partial charge in [0, 0.05) is 0 Å². The molecule has 10 atom stereocenters. The molecule has 0 spiro atoms. The Balaban J connectivity index is 0.000000438. The van der Waals surface area contributed by atoms with Gasteiger partial charge in [-0.3, -0.25) is 0 Å². The third-order valence-corrected chi connectivity index (χ3v) is 22.9. The van der Waals surface area contributed by atoms with Crippen LogP contribution in [0.3, 0.4) is 0 Å². The number of hydrogen-bond acceptors (Lipinski definition) is 0. The van der Waals surface area contributed by atoms with Crippen LogP contribution in [0.5, 0.6) is 0 Å². The van der Waals surface area contributed by atoms with Crippen LogP contribution in [0.1, 0.15) is 316 Å². The Morgan fingerprint density at radius 3 is 0.387 bits per heavy atom. The molecule has 0 aromatic carbocycles. The Kier molecular flexibility index (Phi) is 36.2. The van der Waals surface area contributed by atoms with Gasteiger partial charge in [0.05, 0.1) is 0 Å². The molecule has 0 saturated heterocycles. The van der Waals surface area contributed by atoms with Gasteiger partial charge in [-0.05, 0) is 249 Å². The second kappa shape index (κ2) is 37.2. The molecule has 7 rings (SSSR count). The first-order valence-corrected chi connectivity index (χ1v) is 34.8. The highest BCUT2D eigenvalue weighted by Crippen LogP contribution is 2.49. The average molecular weight is 1050 g/mol. The van der Waals surface area contributed by atoms with Crippen LogP contribution in [-0.4, -0.2) is 0 Å². The molecule has 0 amide bonds. The summed E-state index contributed by atoms with van der Waals surface area (Å²) < 4.78 is 0. The second-order valence-electron chi connectivity index (χ2n) is 33.0. The fraction of sp³-hybridized carbons (Fsp3) is 1.00. The maximum Gasteiger partial charge on any atom is -0.0357 e. The van der Waals surface area contributed by atoms with Crippen molar-refractivity contribution in [2.24, 2.45) is 166 Å². The summed E-state index contributed by atoms with van der Waals surface area (Å²) in [4.78, 5) is 0. The Labute approximate surface area is 479 Å². The number of rotatable bonds is 14. The Morgan fingerprint density at radius 2 is 0.280 bits per heavy atom. The van der Waals surface area contributed by atoms with Gasteiger partial charge in [0.1, 0.15) is 0 Å². The highest BCUT2D eigenvalue weighted by atomic mass is 14.5. The van der Waals surface area contributed by atoms with Crippen LogP contribution in [0.15, 0.2) is 0 Å². The van der Waals surface area contributed by atoms with E-state index < -0.39 is 0 Å². The zero-order chi connectivity index (χ0) is 57.6. The maximum atomic E-state index is 2.38. The predicted molar refractivity (Wildman–Crippen MR) is 344 cm³/mol. The van der Waals surface area contributed by atoms with E-state index in [2.05, 4.69) is 194 Å². The monoisotopic (exact) mass is 1050 g/mol. The van der Waals surface area contributed by atoms with Gasteiger partial charge >= 0.3 is 0 Å². The first-order valence-electron chi connectivity index (χ1n) is 34.8. The minimum absolute atomic E-state index is 0.909. The summed E-state index contributed by atoms with van der Waals surface area (Å²) in [5.41, 5.74) is 0. The lowest BCUT2D eigenvalue weighted by Gasteiger charge is -2.40. The molecule has 0 bridgehead atoms. The smallest absolute Gasteiger partial charge is 0.0357 e. The van der Waals surface area contributed by atoms with Crippen LogP contribution in [0.2, 0.25) is 0 Å². The van der Waals surface area contributed by atoms with E-state index in [9.17, 15) is 0 Å². The van der Waals surface area contributed by atoms with Crippen LogP contribution in [0.4, 0.5) is 0 Å². The zero-order valence-corrected chi connectivity index (χ0v) is 57.6. The maximum absolute atomic E-state index is 2.38. The predicted octanol–water partition coefficient (Wildman–Crippen LogP) is 25.2. The highest BCUT2D eigenvalue weighted by Gasteiger charge is 2.41. The lowest BCUT2D eigenvalue weighted by atomic mass is 9.65. The largest absolute Gasteiger partial charge is 0.0625 e. The molecule has 0 aliphatic heterocycles. The van der Waals surface area contributed by atoms with Crippen molar-refractivity contribution in [3.8, 4) is 0 Å². The molecule has 75 heavy (non-hydrogen) atoms. The molecule has 0 aromatic rings. The van der Waals surface area contributed by atoms with Crippen molar-refractivity contribution in [1.29, 1.82) is 0 Å². The zero-order valence-electron chi connectivity index (χ0n) is 57.6. The Morgan fingerprint density at radius 1 is 0.147 bits per heavy atom. The van der Waals surface area contributed by atoms with Crippen molar-refractivity contribution in [1.82, 2.24) is 0 Å². The van der Waals surface area contributed by atoms with E-state index in [1.807, 2.05) is 0 Å². The van der Waals surface area contributed by atoms with Crippen LogP contribution >= 0.6 is 0 Å². The van der Waals surface area contributed by atoms with E-state index in [1.165, 1.54) is 122 Å². The summed E-state index contributed by atoms with van der Waals surface area (Å²) in [5, 5.41) is 0. The first kappa shape index (κ1) is 73.0. The van der Waals surface area contributed by atoms with Gasteiger partial charge in [-0.25, -0.2) is 0 Å². The molecule has 10 unspecified atom stereocenters. The molecule has 7 aliphatic carbocycles. The third kappa shape index (κ3) is 28.5. The summed E-state index contributed by atoms with van der Waals surface area (Å²) in [6, 6.07) is 0. The number of hydrogen-bond donors (Lipinski definition) is 0. The van der Waals surface area contributed by atoms with Gasteiger partial charge in [0.15, 0.2) is 0 Å². The molecule has 0 N–H and O–H groups in total. The lowest BCUT2D eigenvalue weighted by Crippen LogP contribution is -2.30. The van der Waals surface area contributed by atoms with Crippen molar-refractivity contribution >= 4 is 0 Å². The normalized spacial score (nSPS) is 32.4. The standard InChI is InChI=1S/2C12H24.2C11H22.2C10H20.C9H18/c2*1-9(2)11-6-5-7-12(8-11)10(3)4;2*1-8(2)10-5-6-11(7-10)9(3)4;2*1-7(2)9-5-10(6-9)8(3)4;1-6(2)8-5-9(8)7(3)4/h2*9-12H,5-8H2,1-4H3;2*8-11H,5-7H2,1-4H3;2*7-10H,5-6H2,1-4H3;6-9H,5H2,1-4H3. The SMILES string of the molecule is CC(C)C1CC(C(C)C)C1.CC(C)C1CC(C(C)C)C1.CC(C)C1CC1C(C)C.CC(C)C1CCC(C(C)C)C1.CC(C)C1CCC(C(C)C)C1.CC(C)C1CCCC(C(C)C)C1.CC(C)C1CCCC(C(C)C)C1. The van der Waals surface area contributed by atoms with Crippen LogP contribution < -0.4 is 0 Å². The molecule has 0 radical (unpaired) electrons. The van der Waals surface area contributed by atoms with Gasteiger partial charge in [0.25, 0.3) is 0 Å². The van der Waals surface area contributed by atoms with Gasteiger partial charge in [-0.1, -0.05) is 232 Å². The summed E-state index contributed by atoms with van der Waals surface area (Å²) in [6.45, 7) is 66.2. The van der Waals surface area contributed by atoms with Crippen molar-refractivity contribution in [3.05, 3.63) is 0 Å². The minimum atomic E-state index is 0.909. The van der Waals surface area contributed by atoms with Gasteiger partial charge in [-0.2, -0.15) is 0 Å². The van der Waals surface area contributed by atoms with Gasteiger partial charge in [-0.15, -0.1) is 0 Å². The molecule has 7 aliphatic rings. The van der Waals surface area contributed by atoms with Crippen LogP contribution in [-0.2, 0) is 0 Å². The average Bonchev–Trinajstić information content (AvgIpc) is 3.66. The minimum Gasteiger partial charge on any atom is -0.0625 e. The summed E-state index contributed by atoms with van der Waals surface area (Å²) in [6.07, 6.45) is 28.3. The van der Waals surface area contributed by atoms with Crippen molar-refractivity contribution in [2.75, 3.05) is 0 Å². The molecule has 7 fully saturated rings. The second-order valence-corrected chi connectivity index (χ2v) is 33.0. The summed E-state index contributed by atoms with van der Waals surface area (Å²) in [5.74, 6) is 27.4. The van der Waals surface area contributed by atoms with Gasteiger partial charge < -0.3 is 0 Å². The van der Waals surface area contributed by atoms with E-state index >= 15 is 0 Å². The van der Waals surface area contributed by atoms with E-state index in [1.54, 1.807) is 0 Å². The third-order valence-electron chi connectivity index (χ3n) is 22.9. The molecular formula is C75H150. The fourth-order valence-corrected chi connectivity index (χ4v) is 14.8. The molecule has 0 aromatic heterocycles.